The number of aliphatic carboxylic acids is 1. The number of amides is 3. The van der Waals surface area contributed by atoms with E-state index in [4.69, 9.17) is 10.8 Å². The van der Waals surface area contributed by atoms with Gasteiger partial charge >= 0.3 is 5.97 Å². The van der Waals surface area contributed by atoms with E-state index in [1.54, 1.807) is 13.8 Å². The van der Waals surface area contributed by atoms with E-state index in [9.17, 15) is 19.2 Å². The Hall–Kier alpha value is -2.16. The molecule has 1 saturated heterocycles. The highest BCUT2D eigenvalue weighted by molar-refractivity contribution is 5.94. The molecule has 1 heterocycles. The van der Waals surface area contributed by atoms with Crippen LogP contribution in [0.5, 0.6) is 0 Å². The molecule has 0 aromatic carbocycles. The molecule has 0 aliphatic carbocycles. The van der Waals surface area contributed by atoms with Gasteiger partial charge in [0.25, 0.3) is 0 Å². The first-order valence-corrected chi connectivity index (χ1v) is 9.37. The maximum Gasteiger partial charge on any atom is 0.326 e. The van der Waals surface area contributed by atoms with Crippen molar-refractivity contribution in [1.82, 2.24) is 15.5 Å². The molecule has 0 aromatic rings. The largest absolute Gasteiger partial charge is 0.480 e. The van der Waals surface area contributed by atoms with Gasteiger partial charge in [-0.15, -0.1) is 0 Å². The van der Waals surface area contributed by atoms with Gasteiger partial charge in [0.05, 0.1) is 6.04 Å². The number of carbonyl (C=O) groups is 4. The van der Waals surface area contributed by atoms with Crippen LogP contribution in [0, 0.1) is 11.8 Å². The molecule has 1 aliphatic rings. The molecule has 0 aromatic heterocycles. The number of nitrogens with two attached hydrogens (primary N) is 1. The molecule has 4 unspecified atom stereocenters. The summed E-state index contributed by atoms with van der Waals surface area (Å²) < 4.78 is 0. The molecule has 0 radical (unpaired) electrons. The van der Waals surface area contributed by atoms with Crippen LogP contribution in [-0.4, -0.2) is 64.4 Å². The zero-order chi connectivity index (χ0) is 20.9. The summed E-state index contributed by atoms with van der Waals surface area (Å²) in [6.45, 7) is 8.98. The van der Waals surface area contributed by atoms with E-state index in [1.165, 1.54) is 11.8 Å². The van der Waals surface area contributed by atoms with Crippen molar-refractivity contribution in [3.8, 4) is 0 Å². The summed E-state index contributed by atoms with van der Waals surface area (Å²) >= 11 is 0. The second-order valence-electron chi connectivity index (χ2n) is 7.76. The van der Waals surface area contributed by atoms with Crippen LogP contribution in [0.4, 0.5) is 0 Å². The van der Waals surface area contributed by atoms with E-state index < -0.39 is 42.0 Å². The summed E-state index contributed by atoms with van der Waals surface area (Å²) in [5, 5.41) is 14.2. The number of carboxylic acids is 1. The van der Waals surface area contributed by atoms with Gasteiger partial charge in [0.1, 0.15) is 18.1 Å². The Labute approximate surface area is 160 Å². The number of hydrogen-bond acceptors (Lipinski definition) is 5. The lowest BCUT2D eigenvalue weighted by molar-refractivity contribution is -0.144. The minimum atomic E-state index is -1.13. The van der Waals surface area contributed by atoms with Gasteiger partial charge in [-0.25, -0.2) is 4.79 Å². The fourth-order valence-corrected chi connectivity index (χ4v) is 2.95. The molecule has 3 amide bonds. The summed E-state index contributed by atoms with van der Waals surface area (Å²) in [7, 11) is 0. The van der Waals surface area contributed by atoms with Gasteiger partial charge in [-0.2, -0.15) is 0 Å². The molecule has 1 aliphatic heterocycles. The van der Waals surface area contributed by atoms with Gasteiger partial charge in [0, 0.05) is 6.54 Å². The van der Waals surface area contributed by atoms with E-state index in [2.05, 4.69) is 10.6 Å². The normalized spacial score (nSPS) is 20.3. The van der Waals surface area contributed by atoms with Crippen LogP contribution >= 0.6 is 0 Å². The van der Waals surface area contributed by atoms with Crippen molar-refractivity contribution in [1.29, 1.82) is 0 Å². The SMILES string of the molecule is CC(NC(=O)C1CCCN1C(=O)C(N)C(C)C)C(=O)NC(C(=O)O)C(C)C. The quantitative estimate of drug-likeness (QED) is 0.452. The fraction of sp³-hybridized carbons (Fsp3) is 0.778. The molecule has 5 N–H and O–H groups in total. The Morgan fingerprint density at radius 2 is 1.63 bits per heavy atom. The van der Waals surface area contributed by atoms with Gasteiger partial charge in [-0.3, -0.25) is 14.4 Å². The number of carbonyl (C=O) groups excluding carboxylic acids is 3. The van der Waals surface area contributed by atoms with Gasteiger partial charge in [0.2, 0.25) is 17.7 Å². The van der Waals surface area contributed by atoms with Crippen molar-refractivity contribution in [3.05, 3.63) is 0 Å². The van der Waals surface area contributed by atoms with E-state index in [0.29, 0.717) is 19.4 Å². The number of nitrogens with one attached hydrogen (secondary N) is 2. The molecule has 1 rings (SSSR count). The van der Waals surface area contributed by atoms with Crippen LogP contribution in [0.2, 0.25) is 0 Å². The Bertz CT molecular complexity index is 578. The van der Waals surface area contributed by atoms with E-state index in [0.717, 1.165) is 0 Å². The Balaban J connectivity index is 2.72. The Kier molecular flexibility index (Phi) is 8.20. The summed E-state index contributed by atoms with van der Waals surface area (Å²) in [5.41, 5.74) is 5.92. The predicted octanol–water partition coefficient (Wildman–Crippen LogP) is -0.309. The smallest absolute Gasteiger partial charge is 0.326 e. The van der Waals surface area contributed by atoms with Crippen molar-refractivity contribution < 1.29 is 24.3 Å². The monoisotopic (exact) mass is 384 g/mol. The molecule has 27 heavy (non-hydrogen) atoms. The lowest BCUT2D eigenvalue weighted by Gasteiger charge is -2.29. The lowest BCUT2D eigenvalue weighted by atomic mass is 10.0. The molecule has 154 valence electrons. The first-order valence-electron chi connectivity index (χ1n) is 9.37. The maximum absolute atomic E-state index is 12.6. The minimum absolute atomic E-state index is 0.0458. The van der Waals surface area contributed by atoms with Crippen molar-refractivity contribution in [2.75, 3.05) is 6.54 Å². The summed E-state index contributed by atoms with van der Waals surface area (Å²) in [5.74, 6) is -2.77. The third kappa shape index (κ3) is 5.92. The third-order valence-corrected chi connectivity index (χ3v) is 4.82. The fourth-order valence-electron chi connectivity index (χ4n) is 2.95. The second kappa shape index (κ2) is 9.68. The summed E-state index contributed by atoms with van der Waals surface area (Å²) in [4.78, 5) is 50.0. The molecular formula is C18H32N4O5. The zero-order valence-corrected chi connectivity index (χ0v) is 16.7. The highest BCUT2D eigenvalue weighted by Crippen LogP contribution is 2.20. The Morgan fingerprint density at radius 1 is 1.04 bits per heavy atom. The van der Waals surface area contributed by atoms with Crippen molar-refractivity contribution in [3.63, 3.8) is 0 Å². The number of nitrogens with zero attached hydrogens (tertiary/aromatic N) is 1. The summed E-state index contributed by atoms with van der Waals surface area (Å²) in [6, 6.07) is -3.31. The van der Waals surface area contributed by atoms with E-state index in [1.807, 2.05) is 13.8 Å². The van der Waals surface area contributed by atoms with E-state index >= 15 is 0 Å². The first kappa shape index (κ1) is 22.9. The first-order chi connectivity index (χ1) is 12.5. The summed E-state index contributed by atoms with van der Waals surface area (Å²) in [6.07, 6.45) is 1.18. The molecule has 9 nitrogen and oxygen atoms in total. The second-order valence-corrected chi connectivity index (χ2v) is 7.76. The Morgan fingerprint density at radius 3 is 2.11 bits per heavy atom. The molecule has 0 saturated carbocycles. The van der Waals surface area contributed by atoms with Crippen molar-refractivity contribution in [2.45, 2.75) is 71.6 Å². The highest BCUT2D eigenvalue weighted by Gasteiger charge is 2.37. The van der Waals surface area contributed by atoms with Crippen molar-refractivity contribution in [2.24, 2.45) is 17.6 Å². The zero-order valence-electron chi connectivity index (χ0n) is 16.7. The van der Waals surface area contributed by atoms with Crippen LogP contribution < -0.4 is 16.4 Å². The van der Waals surface area contributed by atoms with Crippen LogP contribution in [-0.2, 0) is 19.2 Å². The van der Waals surface area contributed by atoms with Crippen LogP contribution in [0.25, 0.3) is 0 Å². The molecule has 9 heteroatoms. The average molecular weight is 384 g/mol. The van der Waals surface area contributed by atoms with Gasteiger partial charge < -0.3 is 26.4 Å². The van der Waals surface area contributed by atoms with Gasteiger partial charge in [0.15, 0.2) is 0 Å². The molecule has 4 atom stereocenters. The van der Waals surface area contributed by atoms with Crippen molar-refractivity contribution >= 4 is 23.7 Å². The topological polar surface area (TPSA) is 142 Å². The minimum Gasteiger partial charge on any atom is -0.480 e. The third-order valence-electron chi connectivity index (χ3n) is 4.82. The van der Waals surface area contributed by atoms with Crippen LogP contribution in [0.1, 0.15) is 47.5 Å². The highest BCUT2D eigenvalue weighted by atomic mass is 16.4. The van der Waals surface area contributed by atoms with E-state index in [-0.39, 0.29) is 17.7 Å². The molecule has 0 bridgehead atoms. The number of hydrogen-bond donors (Lipinski definition) is 4. The molecular weight excluding hydrogens is 352 g/mol. The molecule has 0 spiro atoms. The maximum atomic E-state index is 12.6. The number of carboxylic acid groups (broad SMARTS) is 1. The molecule has 1 fully saturated rings. The van der Waals surface area contributed by atoms with Crippen LogP contribution in [0.15, 0.2) is 0 Å². The lowest BCUT2D eigenvalue weighted by Crippen LogP contribution is -2.56. The predicted molar refractivity (Wildman–Crippen MR) is 99.6 cm³/mol. The number of rotatable bonds is 8. The van der Waals surface area contributed by atoms with Gasteiger partial charge in [-0.1, -0.05) is 27.7 Å². The standard InChI is InChI=1S/C18H32N4O5/c1-9(2)13(19)17(25)22-8-6-7-12(22)16(24)20-11(5)15(23)21-14(10(3)4)18(26)27/h9-14H,6-8,19H2,1-5H3,(H,20,24)(H,21,23)(H,26,27). The number of likely N-dealkylation sites (tertiary alicyclic amines) is 1. The van der Waals surface area contributed by atoms with Crippen LogP contribution in [0.3, 0.4) is 0 Å². The van der Waals surface area contributed by atoms with Gasteiger partial charge in [-0.05, 0) is 31.6 Å². The average Bonchev–Trinajstić information content (AvgIpc) is 3.06.